The molecule has 2 aromatic heterocycles. The topological polar surface area (TPSA) is 116 Å². The summed E-state index contributed by atoms with van der Waals surface area (Å²) in [4.78, 5) is 37.7. The standard InChI is InChI=1S/C27H32N6O4/c1-17(2)18-6-8-20(9-7-18)27(36,26(3)15-31(4)16-26)21-10-19(11-28-12-21)24-29-22(37-30-24)13-33-23(34)14-32(5)25(33)35/h6-12,17,36H,13-16H2,1-5H3/t27-/m0/s1. The van der Waals surface area contributed by atoms with Gasteiger partial charge in [-0.05, 0) is 30.2 Å². The first-order chi connectivity index (χ1) is 17.5. The van der Waals surface area contributed by atoms with Gasteiger partial charge >= 0.3 is 6.03 Å². The van der Waals surface area contributed by atoms with Crippen molar-refractivity contribution in [2.45, 2.75) is 38.8 Å². The van der Waals surface area contributed by atoms with Crippen LogP contribution in [0.25, 0.3) is 11.4 Å². The van der Waals surface area contributed by atoms with Crippen LogP contribution in [0.4, 0.5) is 4.79 Å². The summed E-state index contributed by atoms with van der Waals surface area (Å²) in [5.74, 6) is 0.481. The van der Waals surface area contributed by atoms with Gasteiger partial charge in [0.2, 0.25) is 11.7 Å². The van der Waals surface area contributed by atoms with E-state index in [9.17, 15) is 14.7 Å². The Bertz CT molecular complexity index is 1330. The number of amides is 3. The fourth-order valence-corrected chi connectivity index (χ4v) is 5.50. The van der Waals surface area contributed by atoms with E-state index in [-0.39, 0.29) is 30.7 Å². The second-order valence-corrected chi connectivity index (χ2v) is 10.8. The summed E-state index contributed by atoms with van der Waals surface area (Å²) < 4.78 is 5.35. The van der Waals surface area contributed by atoms with Crippen molar-refractivity contribution in [3.8, 4) is 11.4 Å². The van der Waals surface area contributed by atoms with Crippen LogP contribution in [-0.2, 0) is 16.9 Å². The van der Waals surface area contributed by atoms with Gasteiger partial charge in [-0.3, -0.25) is 14.7 Å². The highest BCUT2D eigenvalue weighted by Gasteiger charge is 2.55. The lowest BCUT2D eigenvalue weighted by Gasteiger charge is -2.55. The van der Waals surface area contributed by atoms with Crippen LogP contribution in [0, 0.1) is 5.41 Å². The van der Waals surface area contributed by atoms with E-state index in [2.05, 4.69) is 52.9 Å². The monoisotopic (exact) mass is 504 g/mol. The lowest BCUT2D eigenvalue weighted by atomic mass is 9.62. The molecule has 4 heterocycles. The molecule has 0 radical (unpaired) electrons. The summed E-state index contributed by atoms with van der Waals surface area (Å²) >= 11 is 0. The molecule has 5 rings (SSSR count). The Morgan fingerprint density at radius 3 is 2.41 bits per heavy atom. The van der Waals surface area contributed by atoms with Gasteiger partial charge in [-0.1, -0.05) is 50.2 Å². The number of aliphatic hydroxyl groups is 1. The third-order valence-electron chi connectivity index (χ3n) is 7.51. The first-order valence-corrected chi connectivity index (χ1v) is 12.4. The van der Waals surface area contributed by atoms with Gasteiger partial charge in [0, 0.05) is 49.1 Å². The normalized spacial score (nSPS) is 19.4. The zero-order valence-electron chi connectivity index (χ0n) is 21.8. The number of nitrogens with zero attached hydrogens (tertiary/aromatic N) is 6. The molecule has 2 fully saturated rings. The van der Waals surface area contributed by atoms with Gasteiger partial charge in [-0.2, -0.15) is 4.98 Å². The molecule has 37 heavy (non-hydrogen) atoms. The predicted octanol–water partition coefficient (Wildman–Crippen LogP) is 2.84. The van der Waals surface area contributed by atoms with Crippen molar-refractivity contribution < 1.29 is 19.2 Å². The van der Waals surface area contributed by atoms with Crippen LogP contribution in [0.3, 0.4) is 0 Å². The Morgan fingerprint density at radius 2 is 1.81 bits per heavy atom. The second kappa shape index (κ2) is 9.04. The number of rotatable bonds is 7. The molecule has 10 heteroatoms. The number of aromatic nitrogens is 3. The van der Waals surface area contributed by atoms with Crippen molar-refractivity contribution in [3.63, 3.8) is 0 Å². The first-order valence-electron chi connectivity index (χ1n) is 12.4. The van der Waals surface area contributed by atoms with Crippen molar-refractivity contribution in [3.05, 3.63) is 65.3 Å². The number of imide groups is 1. The van der Waals surface area contributed by atoms with E-state index < -0.39 is 17.0 Å². The van der Waals surface area contributed by atoms with Gasteiger partial charge in [-0.25, -0.2) is 4.79 Å². The molecule has 1 aromatic carbocycles. The van der Waals surface area contributed by atoms with Crippen LogP contribution in [0.2, 0.25) is 0 Å². The summed E-state index contributed by atoms with van der Waals surface area (Å²) in [6, 6.07) is 9.57. The molecule has 0 aliphatic carbocycles. The Labute approximate surface area is 215 Å². The maximum absolute atomic E-state index is 12.4. The van der Waals surface area contributed by atoms with Gasteiger partial charge in [0.15, 0.2) is 0 Å². The van der Waals surface area contributed by atoms with Crippen molar-refractivity contribution in [1.82, 2.24) is 29.8 Å². The fourth-order valence-electron chi connectivity index (χ4n) is 5.50. The number of carbonyl (C=O) groups excluding carboxylic acids is 2. The molecule has 3 aromatic rings. The van der Waals surface area contributed by atoms with E-state index in [0.29, 0.717) is 17.0 Å². The Morgan fingerprint density at radius 1 is 1.11 bits per heavy atom. The van der Waals surface area contributed by atoms with Crippen molar-refractivity contribution >= 4 is 11.9 Å². The SMILES string of the molecule is CC(C)c1ccc([C@](O)(c2cncc(-c3noc(CN4C(=O)CN(C)C4=O)n3)c2)C2(C)CN(C)C2)cc1. The molecule has 0 unspecified atom stereocenters. The average Bonchev–Trinajstić information content (AvgIpc) is 3.43. The quantitative estimate of drug-likeness (QED) is 0.489. The minimum Gasteiger partial charge on any atom is -0.380 e. The maximum atomic E-state index is 12.4. The van der Waals surface area contributed by atoms with E-state index in [1.807, 2.05) is 25.2 Å². The number of pyridine rings is 1. The molecule has 3 amide bonds. The number of carbonyl (C=O) groups is 2. The molecule has 0 spiro atoms. The van der Waals surface area contributed by atoms with Crippen LogP contribution in [0.15, 0.2) is 47.2 Å². The summed E-state index contributed by atoms with van der Waals surface area (Å²) in [6.45, 7) is 7.74. The van der Waals surface area contributed by atoms with Crippen molar-refractivity contribution in [2.75, 3.05) is 33.7 Å². The third-order valence-corrected chi connectivity index (χ3v) is 7.51. The van der Waals surface area contributed by atoms with Gasteiger partial charge in [0.05, 0.1) is 0 Å². The smallest absolute Gasteiger partial charge is 0.327 e. The van der Waals surface area contributed by atoms with Crippen LogP contribution in [0.5, 0.6) is 0 Å². The molecule has 2 aliphatic rings. The number of likely N-dealkylation sites (N-methyl/N-ethyl adjacent to an activating group) is 1. The summed E-state index contributed by atoms with van der Waals surface area (Å²) in [6.07, 6.45) is 3.29. The maximum Gasteiger partial charge on any atom is 0.327 e. The number of likely N-dealkylation sites (tertiary alicyclic amines) is 1. The largest absolute Gasteiger partial charge is 0.380 e. The first kappa shape index (κ1) is 25.0. The molecule has 2 saturated heterocycles. The molecule has 10 nitrogen and oxygen atoms in total. The zero-order chi connectivity index (χ0) is 26.5. The molecule has 194 valence electrons. The molecular formula is C27H32N6O4. The highest BCUT2D eigenvalue weighted by Crippen LogP contribution is 2.50. The number of hydrogen-bond donors (Lipinski definition) is 1. The van der Waals surface area contributed by atoms with Crippen LogP contribution in [0.1, 0.15) is 49.3 Å². The Kier molecular flexibility index (Phi) is 6.12. The molecular weight excluding hydrogens is 472 g/mol. The highest BCUT2D eigenvalue weighted by atomic mass is 16.5. The van der Waals surface area contributed by atoms with Crippen LogP contribution >= 0.6 is 0 Å². The van der Waals surface area contributed by atoms with Gasteiger partial charge in [-0.15, -0.1) is 0 Å². The number of urea groups is 1. The summed E-state index contributed by atoms with van der Waals surface area (Å²) in [5, 5.41) is 16.5. The summed E-state index contributed by atoms with van der Waals surface area (Å²) in [7, 11) is 3.60. The van der Waals surface area contributed by atoms with Gasteiger partial charge in [0.1, 0.15) is 18.7 Å². The second-order valence-electron chi connectivity index (χ2n) is 10.8. The van der Waals surface area contributed by atoms with Crippen molar-refractivity contribution in [1.29, 1.82) is 0 Å². The van der Waals surface area contributed by atoms with E-state index in [0.717, 1.165) is 23.6 Å². The molecule has 1 atom stereocenters. The van der Waals surface area contributed by atoms with E-state index in [1.165, 1.54) is 10.5 Å². The number of benzene rings is 1. The van der Waals surface area contributed by atoms with E-state index in [1.54, 1.807) is 19.4 Å². The Hall–Kier alpha value is -3.63. The molecule has 2 aliphatic heterocycles. The van der Waals surface area contributed by atoms with Crippen molar-refractivity contribution in [2.24, 2.45) is 5.41 Å². The van der Waals surface area contributed by atoms with Crippen LogP contribution < -0.4 is 0 Å². The van der Waals surface area contributed by atoms with Gasteiger partial charge < -0.3 is 19.4 Å². The fraction of sp³-hybridized carbons (Fsp3) is 0.444. The number of hydrogen-bond acceptors (Lipinski definition) is 8. The predicted molar refractivity (Wildman–Crippen MR) is 135 cm³/mol. The summed E-state index contributed by atoms with van der Waals surface area (Å²) in [5.41, 5.74) is 1.47. The lowest BCUT2D eigenvalue weighted by Crippen LogP contribution is -2.63. The minimum atomic E-state index is -1.30. The highest BCUT2D eigenvalue weighted by molar-refractivity contribution is 6.01. The molecule has 0 saturated carbocycles. The van der Waals surface area contributed by atoms with Gasteiger partial charge in [0.25, 0.3) is 5.91 Å². The van der Waals surface area contributed by atoms with E-state index >= 15 is 0 Å². The molecule has 0 bridgehead atoms. The molecule has 1 N–H and O–H groups in total. The third kappa shape index (κ3) is 4.19. The van der Waals surface area contributed by atoms with Crippen LogP contribution in [-0.4, -0.2) is 80.6 Å². The zero-order valence-corrected chi connectivity index (χ0v) is 21.8. The average molecular weight is 505 g/mol. The van der Waals surface area contributed by atoms with E-state index in [4.69, 9.17) is 4.52 Å². The minimum absolute atomic E-state index is 0.0243. The lowest BCUT2D eigenvalue weighted by molar-refractivity contribution is -0.127. The Balaban J connectivity index is 1.49.